The monoisotopic (exact) mass is 186 g/mol. The summed E-state index contributed by atoms with van der Waals surface area (Å²) in [4.78, 5) is 5.85. The molecule has 1 aliphatic rings. The van der Waals surface area contributed by atoms with Crippen molar-refractivity contribution in [1.29, 1.82) is 0 Å². The molecule has 1 heterocycles. The van der Waals surface area contributed by atoms with E-state index in [2.05, 4.69) is 10.3 Å². The quantitative estimate of drug-likeness (QED) is 0.387. The van der Waals surface area contributed by atoms with Crippen LogP contribution in [0.15, 0.2) is 17.4 Å². The van der Waals surface area contributed by atoms with Gasteiger partial charge in [-0.05, 0) is 0 Å². The molecular formula is C8H15FN4. The summed E-state index contributed by atoms with van der Waals surface area (Å²) in [5.74, 6) is 0. The lowest BCUT2D eigenvalue weighted by atomic mass is 10.2. The minimum absolute atomic E-state index is 0.210. The average Bonchev–Trinajstić information content (AvgIpc) is 1.99. The fourth-order valence-electron chi connectivity index (χ4n) is 0.894. The van der Waals surface area contributed by atoms with Crippen molar-refractivity contribution in [2.75, 3.05) is 27.2 Å². The van der Waals surface area contributed by atoms with Gasteiger partial charge in [-0.3, -0.25) is 0 Å². The highest BCUT2D eigenvalue weighted by Crippen LogP contribution is 2.05. The van der Waals surface area contributed by atoms with E-state index in [1.165, 1.54) is 0 Å². The van der Waals surface area contributed by atoms with Gasteiger partial charge in [-0.25, -0.2) is 4.99 Å². The molecule has 4 nitrogen and oxygen atoms in total. The van der Waals surface area contributed by atoms with E-state index in [1.54, 1.807) is 12.5 Å². The molecule has 74 valence electrons. The third kappa shape index (κ3) is 3.89. The van der Waals surface area contributed by atoms with E-state index in [9.17, 15) is 4.48 Å². The molecule has 0 aromatic rings. The molecular weight excluding hydrogens is 171 g/mol. The van der Waals surface area contributed by atoms with E-state index in [0.717, 1.165) is 5.12 Å². The third-order valence-corrected chi connectivity index (χ3v) is 1.67. The van der Waals surface area contributed by atoms with Gasteiger partial charge in [-0.15, -0.1) is 9.60 Å². The van der Waals surface area contributed by atoms with Gasteiger partial charge in [-0.1, -0.05) is 0 Å². The summed E-state index contributed by atoms with van der Waals surface area (Å²) in [6, 6.07) is 0.210. The number of rotatable bonds is 4. The lowest BCUT2D eigenvalue weighted by molar-refractivity contribution is -0.0536. The van der Waals surface area contributed by atoms with Crippen LogP contribution in [0.1, 0.15) is 0 Å². The molecule has 0 bridgehead atoms. The number of hydrogen-bond donors (Lipinski definition) is 1. The van der Waals surface area contributed by atoms with Gasteiger partial charge in [-0.2, -0.15) is 0 Å². The zero-order valence-corrected chi connectivity index (χ0v) is 7.94. The number of nitrogens with one attached hydrogen (secondary N) is 1. The highest BCUT2D eigenvalue weighted by atomic mass is 19.2. The van der Waals surface area contributed by atoms with E-state index < -0.39 is 0 Å². The second-order valence-electron chi connectivity index (χ2n) is 3.23. The summed E-state index contributed by atoms with van der Waals surface area (Å²) < 4.78 is 12.2. The molecule has 5 heteroatoms. The summed E-state index contributed by atoms with van der Waals surface area (Å²) in [6.07, 6.45) is 5.11. The highest BCUT2D eigenvalue weighted by molar-refractivity contribution is 5.55. The van der Waals surface area contributed by atoms with E-state index >= 15 is 0 Å². The van der Waals surface area contributed by atoms with Crippen LogP contribution in [-0.4, -0.2) is 49.6 Å². The first-order valence-corrected chi connectivity index (χ1v) is 4.20. The summed E-state index contributed by atoms with van der Waals surface area (Å²) >= 11 is 0. The standard InChI is InChI=1S/C8H15FN4/c1-12(2)4-3-10-7-11-8-5-13(9)6-8/h3-4,7-8H,5-6H2,1-2H3,(H,10,11)/b4-3+. The Morgan fingerprint density at radius 3 is 2.77 bits per heavy atom. The van der Waals surface area contributed by atoms with Crippen molar-refractivity contribution < 1.29 is 4.48 Å². The van der Waals surface area contributed by atoms with E-state index in [4.69, 9.17) is 0 Å². The Bertz CT molecular complexity index is 196. The van der Waals surface area contributed by atoms with Crippen LogP contribution in [0, 0.1) is 0 Å². The summed E-state index contributed by atoms with van der Waals surface area (Å²) in [6.45, 7) is 0.896. The SMILES string of the molecule is CN(C)/C=C/N=C\NC1CN(F)C1. The molecule has 0 aromatic carbocycles. The summed E-state index contributed by atoms with van der Waals surface area (Å²) in [7, 11) is 3.85. The maximum Gasteiger partial charge on any atom is 0.0882 e. The third-order valence-electron chi connectivity index (χ3n) is 1.67. The Hall–Kier alpha value is -1.10. The average molecular weight is 186 g/mol. The van der Waals surface area contributed by atoms with Crippen LogP contribution >= 0.6 is 0 Å². The van der Waals surface area contributed by atoms with E-state index in [-0.39, 0.29) is 6.04 Å². The Kier molecular flexibility index (Phi) is 3.70. The van der Waals surface area contributed by atoms with Crippen LogP contribution < -0.4 is 5.32 Å². The Labute approximate surface area is 77.7 Å². The topological polar surface area (TPSA) is 30.9 Å². The molecule has 0 radical (unpaired) electrons. The lowest BCUT2D eigenvalue weighted by Gasteiger charge is -2.31. The molecule has 0 amide bonds. The Balaban J connectivity index is 2.05. The molecule has 0 aromatic heterocycles. The van der Waals surface area contributed by atoms with Gasteiger partial charge in [0.1, 0.15) is 0 Å². The normalized spacial score (nSPS) is 19.6. The lowest BCUT2D eigenvalue weighted by Crippen LogP contribution is -2.53. The van der Waals surface area contributed by atoms with Crippen LogP contribution in [0.25, 0.3) is 0 Å². The maximum atomic E-state index is 12.2. The predicted molar refractivity (Wildman–Crippen MR) is 50.9 cm³/mol. The van der Waals surface area contributed by atoms with Crippen LogP contribution in [0.2, 0.25) is 0 Å². The Morgan fingerprint density at radius 1 is 1.54 bits per heavy atom. The van der Waals surface area contributed by atoms with Crippen molar-refractivity contribution in [3.8, 4) is 0 Å². The molecule has 1 saturated heterocycles. The van der Waals surface area contributed by atoms with Crippen LogP contribution in [0.5, 0.6) is 0 Å². The Morgan fingerprint density at radius 2 is 2.23 bits per heavy atom. The predicted octanol–water partition coefficient (Wildman–Crippen LogP) is 0.206. The molecule has 0 atom stereocenters. The highest BCUT2D eigenvalue weighted by Gasteiger charge is 2.25. The van der Waals surface area contributed by atoms with Crippen LogP contribution in [-0.2, 0) is 0 Å². The van der Waals surface area contributed by atoms with Gasteiger partial charge in [0.15, 0.2) is 0 Å². The van der Waals surface area contributed by atoms with Crippen molar-refractivity contribution in [2.24, 2.45) is 4.99 Å². The van der Waals surface area contributed by atoms with Crippen LogP contribution in [0.3, 0.4) is 0 Å². The zero-order valence-electron chi connectivity index (χ0n) is 7.94. The van der Waals surface area contributed by atoms with Gasteiger partial charge >= 0.3 is 0 Å². The summed E-state index contributed by atoms with van der Waals surface area (Å²) in [5, 5.41) is 3.75. The molecule has 1 fully saturated rings. The van der Waals surface area contributed by atoms with E-state index in [1.807, 2.05) is 25.2 Å². The second kappa shape index (κ2) is 4.81. The molecule has 0 unspecified atom stereocenters. The molecule has 0 saturated carbocycles. The van der Waals surface area contributed by atoms with Crippen molar-refractivity contribution in [1.82, 2.24) is 15.3 Å². The zero-order chi connectivity index (χ0) is 9.68. The maximum absolute atomic E-state index is 12.2. The van der Waals surface area contributed by atoms with Gasteiger partial charge in [0.05, 0.1) is 25.5 Å². The van der Waals surface area contributed by atoms with Crippen molar-refractivity contribution in [3.05, 3.63) is 12.4 Å². The number of nitrogens with zero attached hydrogens (tertiary/aromatic N) is 3. The number of halogens is 1. The molecule has 1 rings (SSSR count). The van der Waals surface area contributed by atoms with Gasteiger partial charge < -0.3 is 10.2 Å². The number of hydrogen-bond acceptors (Lipinski definition) is 3. The molecule has 1 aliphatic heterocycles. The first-order chi connectivity index (χ1) is 6.18. The van der Waals surface area contributed by atoms with Crippen molar-refractivity contribution in [3.63, 3.8) is 0 Å². The molecule has 0 spiro atoms. The van der Waals surface area contributed by atoms with E-state index in [0.29, 0.717) is 13.1 Å². The molecule has 0 aliphatic carbocycles. The number of aliphatic imine (C=N–C) groups is 1. The first kappa shape index (κ1) is 9.98. The fourth-order valence-corrected chi connectivity index (χ4v) is 0.894. The second-order valence-corrected chi connectivity index (χ2v) is 3.23. The van der Waals surface area contributed by atoms with Crippen LogP contribution in [0.4, 0.5) is 4.48 Å². The summed E-state index contributed by atoms with van der Waals surface area (Å²) in [5.41, 5.74) is 0. The van der Waals surface area contributed by atoms with Crippen molar-refractivity contribution in [2.45, 2.75) is 6.04 Å². The molecule has 13 heavy (non-hydrogen) atoms. The first-order valence-electron chi connectivity index (χ1n) is 4.20. The fraction of sp³-hybridized carbons (Fsp3) is 0.625. The largest absolute Gasteiger partial charge is 0.382 e. The minimum Gasteiger partial charge on any atom is -0.382 e. The smallest absolute Gasteiger partial charge is 0.0882 e. The molecule has 1 N–H and O–H groups in total. The van der Waals surface area contributed by atoms with Gasteiger partial charge in [0, 0.05) is 26.5 Å². The minimum atomic E-state index is 0.210. The van der Waals surface area contributed by atoms with Gasteiger partial charge in [0.2, 0.25) is 0 Å². The van der Waals surface area contributed by atoms with Crippen molar-refractivity contribution >= 4 is 6.34 Å². The van der Waals surface area contributed by atoms with Gasteiger partial charge in [0.25, 0.3) is 0 Å².